The van der Waals surface area contributed by atoms with E-state index >= 15 is 4.39 Å². The second-order valence-electron chi connectivity index (χ2n) is 13.3. The molecule has 12 heteroatoms. The molecule has 1 amide bonds. The van der Waals surface area contributed by atoms with Crippen LogP contribution in [0.5, 0.6) is 5.88 Å². The van der Waals surface area contributed by atoms with Gasteiger partial charge in [-0.1, -0.05) is 12.1 Å². The maximum absolute atomic E-state index is 16.4. The standard InChI is InChI=1S/C30H31FN6O3S.C5H9N.H2/c1-17(15-36-10-3-4-11-36)40-29-19-13-21(22-8-6-12-37(22)30(38)39-2)34-25(19)20-14-32-27(24(31)28(20)35-29)18-7-5-9-23-26(18)33-16-41-23;1-4-2-5(1)6-3-4;/h5,7,9,13-14,16-17,22,34H,3-4,6,8,10-12,15H2,1-2H3;4-6H,1-3H2;1H/t17-,22+;;/m0../s1. The maximum Gasteiger partial charge on any atom is 0.410 e. The van der Waals surface area contributed by atoms with Crippen molar-refractivity contribution >= 4 is 49.5 Å². The van der Waals surface area contributed by atoms with Crippen molar-refractivity contribution in [1.29, 1.82) is 0 Å². The first-order chi connectivity index (χ1) is 23.0. The molecule has 5 aliphatic rings. The van der Waals surface area contributed by atoms with E-state index in [1.165, 1.54) is 50.7 Å². The fourth-order valence-electron chi connectivity index (χ4n) is 7.71. The number of para-hydroxylation sites is 1. The highest BCUT2D eigenvalue weighted by Crippen LogP contribution is 2.40. The summed E-state index contributed by atoms with van der Waals surface area (Å²) in [4.78, 5) is 33.9. The SMILES string of the molecule is C1NC2CC1C2.COC(=O)N1CCC[C@@H]1c1cc2c(O[C@@H](C)CN3CCCC3)nc3c(F)c(-c4cccc5scnc45)ncc3c2[nH]1.[HH]. The van der Waals surface area contributed by atoms with Crippen LogP contribution in [0.3, 0.4) is 0 Å². The zero-order valence-corrected chi connectivity index (χ0v) is 27.6. The summed E-state index contributed by atoms with van der Waals surface area (Å²) in [6, 6.07) is 8.42. The van der Waals surface area contributed by atoms with Gasteiger partial charge in [-0.25, -0.2) is 19.2 Å². The summed E-state index contributed by atoms with van der Waals surface area (Å²) in [6.07, 6.45) is 8.15. The minimum Gasteiger partial charge on any atom is -0.473 e. The molecular weight excluding hydrogens is 617 g/mol. The molecule has 8 heterocycles. The Labute approximate surface area is 278 Å². The van der Waals surface area contributed by atoms with Gasteiger partial charge in [0.1, 0.15) is 17.3 Å². The lowest BCUT2D eigenvalue weighted by molar-refractivity contribution is 0.118. The highest BCUT2D eigenvalue weighted by molar-refractivity contribution is 7.16. The third-order valence-corrected chi connectivity index (χ3v) is 10.9. The van der Waals surface area contributed by atoms with Crippen molar-refractivity contribution in [2.24, 2.45) is 5.92 Å². The number of amides is 1. The van der Waals surface area contributed by atoms with E-state index in [-0.39, 0.29) is 30.9 Å². The summed E-state index contributed by atoms with van der Waals surface area (Å²) < 4.78 is 28.8. The number of carbonyl (C=O) groups is 1. The molecule has 10 nitrogen and oxygen atoms in total. The molecular formula is C35H42FN7O3S. The van der Waals surface area contributed by atoms with E-state index in [0.29, 0.717) is 34.4 Å². The van der Waals surface area contributed by atoms with Crippen LogP contribution in [0.15, 0.2) is 36.0 Å². The summed E-state index contributed by atoms with van der Waals surface area (Å²) in [5.74, 6) is 0.928. The van der Waals surface area contributed by atoms with Gasteiger partial charge in [0.05, 0.1) is 39.8 Å². The topological polar surface area (TPSA) is 108 Å². The fraction of sp³-hybridized carbons (Fsp3) is 0.486. The average molecular weight is 660 g/mol. The van der Waals surface area contributed by atoms with Gasteiger partial charge in [0, 0.05) is 43.4 Å². The van der Waals surface area contributed by atoms with E-state index in [1.807, 2.05) is 31.2 Å². The number of nitrogens with one attached hydrogen (secondary N) is 2. The van der Waals surface area contributed by atoms with E-state index < -0.39 is 5.82 Å². The number of nitrogens with zero attached hydrogens (tertiary/aromatic N) is 5. The van der Waals surface area contributed by atoms with Crippen molar-refractivity contribution in [2.75, 3.05) is 39.8 Å². The molecule has 248 valence electrons. The van der Waals surface area contributed by atoms with E-state index in [1.54, 1.807) is 16.6 Å². The number of H-pyrrole nitrogens is 1. The molecule has 4 aliphatic heterocycles. The van der Waals surface area contributed by atoms with Gasteiger partial charge in [0.25, 0.3) is 0 Å². The molecule has 47 heavy (non-hydrogen) atoms. The van der Waals surface area contributed by atoms with Crippen molar-refractivity contribution in [2.45, 2.75) is 63.6 Å². The van der Waals surface area contributed by atoms with E-state index in [4.69, 9.17) is 14.5 Å². The van der Waals surface area contributed by atoms with E-state index in [2.05, 4.69) is 25.2 Å². The number of likely N-dealkylation sites (tertiary alicyclic amines) is 2. The number of pyridine rings is 2. The highest BCUT2D eigenvalue weighted by Gasteiger charge is 2.35. The Morgan fingerprint density at radius 1 is 1.15 bits per heavy atom. The van der Waals surface area contributed by atoms with Gasteiger partial charge in [-0.05, 0) is 83.1 Å². The second kappa shape index (κ2) is 12.6. The minimum atomic E-state index is -0.518. The lowest BCUT2D eigenvalue weighted by Gasteiger charge is -2.22. The van der Waals surface area contributed by atoms with Crippen molar-refractivity contribution in [1.82, 2.24) is 35.1 Å². The Morgan fingerprint density at radius 2 is 2.00 bits per heavy atom. The molecule has 0 unspecified atom stereocenters. The van der Waals surface area contributed by atoms with Crippen molar-refractivity contribution < 1.29 is 20.1 Å². The summed E-state index contributed by atoms with van der Waals surface area (Å²) >= 11 is 1.51. The third kappa shape index (κ3) is 5.70. The summed E-state index contributed by atoms with van der Waals surface area (Å²) in [6.45, 7) is 6.83. The van der Waals surface area contributed by atoms with Gasteiger partial charge in [-0.2, -0.15) is 0 Å². The fourth-order valence-corrected chi connectivity index (χ4v) is 8.41. The zero-order valence-electron chi connectivity index (χ0n) is 26.8. The Hall–Kier alpha value is -3.87. The largest absolute Gasteiger partial charge is 0.473 e. The number of rotatable bonds is 6. The van der Waals surface area contributed by atoms with Gasteiger partial charge in [-0.15, -0.1) is 11.3 Å². The number of hydrogen-bond donors (Lipinski definition) is 2. The lowest BCUT2D eigenvalue weighted by Crippen LogP contribution is -2.31. The van der Waals surface area contributed by atoms with Gasteiger partial charge in [-0.3, -0.25) is 14.8 Å². The molecule has 0 radical (unpaired) electrons. The first-order valence-electron chi connectivity index (χ1n) is 16.8. The number of fused-ring (bicyclic) bond motifs is 5. The number of benzene rings is 1. The van der Waals surface area contributed by atoms with Crippen LogP contribution < -0.4 is 10.1 Å². The highest BCUT2D eigenvalue weighted by atomic mass is 32.1. The maximum atomic E-state index is 16.4. The van der Waals surface area contributed by atoms with Crippen LogP contribution in [0.1, 0.15) is 58.6 Å². The number of aromatic amines is 1. The number of methoxy groups -OCH3 is 1. The number of hydrogen-bond acceptors (Lipinski definition) is 9. The molecule has 4 saturated heterocycles. The molecule has 0 spiro atoms. The molecule has 4 aromatic heterocycles. The lowest BCUT2D eigenvalue weighted by atomic mass is 9.87. The van der Waals surface area contributed by atoms with Crippen molar-refractivity contribution in [3.63, 3.8) is 0 Å². The van der Waals surface area contributed by atoms with Gasteiger partial charge < -0.3 is 19.8 Å². The van der Waals surface area contributed by atoms with E-state index in [9.17, 15) is 4.79 Å². The van der Waals surface area contributed by atoms with E-state index in [0.717, 1.165) is 60.2 Å². The van der Waals surface area contributed by atoms with Crippen molar-refractivity contribution in [3.8, 4) is 17.1 Å². The van der Waals surface area contributed by atoms with Crippen molar-refractivity contribution in [3.05, 3.63) is 47.5 Å². The monoisotopic (exact) mass is 659 g/mol. The van der Waals surface area contributed by atoms with Crippen LogP contribution in [-0.2, 0) is 4.74 Å². The molecule has 5 fully saturated rings. The Bertz CT molecular complexity index is 1930. The molecule has 1 aromatic carbocycles. The van der Waals surface area contributed by atoms with Crippen LogP contribution in [0, 0.1) is 11.7 Å². The summed E-state index contributed by atoms with van der Waals surface area (Å²) in [5, 5.41) is 4.69. The number of ether oxygens (including phenoxy) is 2. The first-order valence-corrected chi connectivity index (χ1v) is 17.6. The number of thiazole rings is 1. The predicted octanol–water partition coefficient (Wildman–Crippen LogP) is 6.91. The Morgan fingerprint density at radius 3 is 2.74 bits per heavy atom. The van der Waals surface area contributed by atoms with Crippen LogP contribution in [0.2, 0.25) is 0 Å². The van der Waals surface area contributed by atoms with Gasteiger partial charge >= 0.3 is 6.09 Å². The van der Waals surface area contributed by atoms with Crippen LogP contribution in [-0.4, -0.2) is 87.8 Å². The van der Waals surface area contributed by atoms with Gasteiger partial charge in [0.15, 0.2) is 5.82 Å². The Kier molecular flexibility index (Phi) is 8.18. The zero-order chi connectivity index (χ0) is 32.1. The molecule has 10 rings (SSSR count). The smallest absolute Gasteiger partial charge is 0.410 e. The summed E-state index contributed by atoms with van der Waals surface area (Å²) in [7, 11) is 1.40. The molecule has 1 saturated carbocycles. The number of aromatic nitrogens is 4. The average Bonchev–Trinajstić information content (AvgIpc) is 3.91. The molecule has 2 N–H and O–H groups in total. The normalized spacial score (nSPS) is 22.9. The quantitative estimate of drug-likeness (QED) is 0.203. The third-order valence-electron chi connectivity index (χ3n) is 10.1. The molecule has 1 aliphatic carbocycles. The molecule has 2 bridgehead atoms. The number of carbonyl (C=O) groups excluding carboxylic acids is 1. The Balaban J connectivity index is 0.000000464. The molecule has 5 aromatic rings. The minimum absolute atomic E-state index is 0. The first kappa shape index (κ1) is 30.5. The van der Waals surface area contributed by atoms with Crippen LogP contribution >= 0.6 is 11.3 Å². The summed E-state index contributed by atoms with van der Waals surface area (Å²) in [5.41, 5.74) is 5.01. The number of halogens is 1. The predicted molar refractivity (Wildman–Crippen MR) is 183 cm³/mol. The molecule has 2 atom stereocenters. The van der Waals surface area contributed by atoms with Gasteiger partial charge in [0.2, 0.25) is 5.88 Å². The van der Waals surface area contributed by atoms with Crippen LogP contribution in [0.25, 0.3) is 43.3 Å². The second-order valence-corrected chi connectivity index (χ2v) is 14.2. The van der Waals surface area contributed by atoms with Crippen LogP contribution in [0.4, 0.5) is 9.18 Å².